The van der Waals surface area contributed by atoms with Crippen molar-refractivity contribution in [1.29, 1.82) is 0 Å². The molecule has 1 aromatic rings. The number of carbonyl (C=O) groups excluding carboxylic acids is 1. The third-order valence-corrected chi connectivity index (χ3v) is 2.55. The first-order chi connectivity index (χ1) is 6.69. The molecule has 0 saturated heterocycles. The Labute approximate surface area is 96.5 Å². The highest BCUT2D eigenvalue weighted by molar-refractivity contribution is 14.1. The van der Waals surface area contributed by atoms with Crippen molar-refractivity contribution in [2.45, 2.75) is 6.92 Å². The lowest BCUT2D eigenvalue weighted by molar-refractivity contribution is 0.0526. The van der Waals surface area contributed by atoms with Gasteiger partial charge < -0.3 is 9.47 Å². The summed E-state index contributed by atoms with van der Waals surface area (Å²) in [6, 6.07) is 5.23. The summed E-state index contributed by atoms with van der Waals surface area (Å²) < 4.78 is 10.9. The summed E-state index contributed by atoms with van der Waals surface area (Å²) in [7, 11) is 1.58. The summed E-state index contributed by atoms with van der Waals surface area (Å²) in [6.45, 7) is 2.16. The normalized spacial score (nSPS) is 9.64. The fourth-order valence-corrected chi connectivity index (χ4v) is 1.56. The zero-order chi connectivity index (χ0) is 10.6. The summed E-state index contributed by atoms with van der Waals surface area (Å²) >= 11 is 2.14. The van der Waals surface area contributed by atoms with Crippen LogP contribution < -0.4 is 4.74 Å². The highest BCUT2D eigenvalue weighted by atomic mass is 127. The van der Waals surface area contributed by atoms with Crippen LogP contribution in [0.2, 0.25) is 0 Å². The number of benzene rings is 1. The fraction of sp³-hybridized carbons (Fsp3) is 0.300. The van der Waals surface area contributed by atoms with Gasteiger partial charge in [-0.2, -0.15) is 0 Å². The van der Waals surface area contributed by atoms with Crippen LogP contribution in [0.25, 0.3) is 0 Å². The minimum absolute atomic E-state index is 0.317. The van der Waals surface area contributed by atoms with E-state index >= 15 is 0 Å². The number of ether oxygens (including phenoxy) is 2. The standard InChI is InChI=1S/C10H11IO3/c1-3-14-10(12)7-4-5-8(11)9(6-7)13-2/h4-6H,3H2,1-2H3. The molecule has 0 N–H and O–H groups in total. The van der Waals surface area contributed by atoms with Gasteiger partial charge >= 0.3 is 5.97 Å². The van der Waals surface area contributed by atoms with Gasteiger partial charge in [0.25, 0.3) is 0 Å². The van der Waals surface area contributed by atoms with Crippen LogP contribution in [0.4, 0.5) is 0 Å². The minimum atomic E-state index is -0.317. The molecule has 0 bridgehead atoms. The van der Waals surface area contributed by atoms with E-state index < -0.39 is 0 Å². The van der Waals surface area contributed by atoms with E-state index in [4.69, 9.17) is 9.47 Å². The molecule has 1 rings (SSSR count). The fourth-order valence-electron chi connectivity index (χ4n) is 1.00. The SMILES string of the molecule is CCOC(=O)c1ccc(I)c(OC)c1. The largest absolute Gasteiger partial charge is 0.496 e. The van der Waals surface area contributed by atoms with Gasteiger partial charge in [-0.1, -0.05) is 0 Å². The lowest BCUT2D eigenvalue weighted by atomic mass is 10.2. The second-order valence-electron chi connectivity index (χ2n) is 2.57. The van der Waals surface area contributed by atoms with E-state index in [0.29, 0.717) is 17.9 Å². The minimum Gasteiger partial charge on any atom is -0.496 e. The van der Waals surface area contributed by atoms with Gasteiger partial charge in [-0.25, -0.2) is 4.79 Å². The van der Waals surface area contributed by atoms with E-state index in [2.05, 4.69) is 22.6 Å². The molecule has 0 aliphatic carbocycles. The number of esters is 1. The maximum atomic E-state index is 11.3. The van der Waals surface area contributed by atoms with Crippen molar-refractivity contribution < 1.29 is 14.3 Å². The van der Waals surface area contributed by atoms with Crippen molar-refractivity contribution in [3.05, 3.63) is 27.3 Å². The maximum Gasteiger partial charge on any atom is 0.338 e. The van der Waals surface area contributed by atoms with Crippen LogP contribution in [0.15, 0.2) is 18.2 Å². The molecule has 0 aliphatic heterocycles. The second-order valence-corrected chi connectivity index (χ2v) is 3.73. The Morgan fingerprint density at radius 1 is 1.50 bits per heavy atom. The molecule has 0 radical (unpaired) electrons. The third-order valence-electron chi connectivity index (χ3n) is 1.66. The van der Waals surface area contributed by atoms with Gasteiger partial charge in [-0.15, -0.1) is 0 Å². The van der Waals surface area contributed by atoms with Crippen LogP contribution >= 0.6 is 22.6 Å². The molecule has 14 heavy (non-hydrogen) atoms. The van der Waals surface area contributed by atoms with Crippen LogP contribution in [0.1, 0.15) is 17.3 Å². The summed E-state index contributed by atoms with van der Waals surface area (Å²) in [5.41, 5.74) is 0.518. The van der Waals surface area contributed by atoms with Gasteiger partial charge in [-0.05, 0) is 47.7 Å². The zero-order valence-electron chi connectivity index (χ0n) is 8.04. The number of rotatable bonds is 3. The number of methoxy groups -OCH3 is 1. The van der Waals surface area contributed by atoms with E-state index in [1.165, 1.54) is 0 Å². The van der Waals surface area contributed by atoms with Crippen molar-refractivity contribution in [3.63, 3.8) is 0 Å². The highest BCUT2D eigenvalue weighted by Gasteiger charge is 2.09. The Morgan fingerprint density at radius 3 is 2.79 bits per heavy atom. The summed E-state index contributed by atoms with van der Waals surface area (Å²) in [5, 5.41) is 0. The van der Waals surface area contributed by atoms with Gasteiger partial charge in [-0.3, -0.25) is 0 Å². The molecule has 1 aromatic carbocycles. The van der Waals surface area contributed by atoms with Gasteiger partial charge in [0.15, 0.2) is 0 Å². The number of hydrogen-bond donors (Lipinski definition) is 0. The molecule has 0 aromatic heterocycles. The van der Waals surface area contributed by atoms with E-state index in [1.54, 1.807) is 26.2 Å². The van der Waals surface area contributed by atoms with Crippen LogP contribution in [0.3, 0.4) is 0 Å². The van der Waals surface area contributed by atoms with Crippen molar-refractivity contribution in [2.24, 2.45) is 0 Å². The Morgan fingerprint density at radius 2 is 2.21 bits per heavy atom. The Bertz CT molecular complexity index is 336. The average Bonchev–Trinajstić information content (AvgIpc) is 2.19. The van der Waals surface area contributed by atoms with Crippen molar-refractivity contribution in [3.8, 4) is 5.75 Å². The van der Waals surface area contributed by atoms with E-state index in [0.717, 1.165) is 3.57 Å². The molecular formula is C10H11IO3. The molecule has 3 nitrogen and oxygen atoms in total. The van der Waals surface area contributed by atoms with Crippen LogP contribution in [0, 0.1) is 3.57 Å². The first-order valence-corrected chi connectivity index (χ1v) is 5.27. The Hall–Kier alpha value is -0.780. The lowest BCUT2D eigenvalue weighted by Crippen LogP contribution is -2.05. The predicted molar refractivity (Wildman–Crippen MR) is 61.7 cm³/mol. The number of hydrogen-bond acceptors (Lipinski definition) is 3. The van der Waals surface area contributed by atoms with E-state index in [1.807, 2.05) is 6.07 Å². The Kier molecular flexibility index (Phi) is 4.19. The zero-order valence-corrected chi connectivity index (χ0v) is 10.2. The molecule has 0 heterocycles. The smallest absolute Gasteiger partial charge is 0.338 e. The van der Waals surface area contributed by atoms with Crippen molar-refractivity contribution in [1.82, 2.24) is 0 Å². The summed E-state index contributed by atoms with van der Waals surface area (Å²) in [6.07, 6.45) is 0. The quantitative estimate of drug-likeness (QED) is 0.636. The van der Waals surface area contributed by atoms with Gasteiger partial charge in [0.05, 0.1) is 22.9 Å². The number of carbonyl (C=O) groups is 1. The number of halogens is 1. The second kappa shape index (κ2) is 5.19. The lowest BCUT2D eigenvalue weighted by Gasteiger charge is -2.05. The topological polar surface area (TPSA) is 35.5 Å². The molecule has 0 saturated carbocycles. The molecule has 0 fully saturated rings. The molecule has 0 unspecified atom stereocenters. The molecule has 0 amide bonds. The first-order valence-electron chi connectivity index (χ1n) is 4.19. The monoisotopic (exact) mass is 306 g/mol. The molecular weight excluding hydrogens is 295 g/mol. The van der Waals surface area contributed by atoms with Gasteiger partial charge in [0, 0.05) is 0 Å². The highest BCUT2D eigenvalue weighted by Crippen LogP contribution is 2.22. The first kappa shape index (κ1) is 11.3. The molecule has 0 atom stereocenters. The summed E-state index contributed by atoms with van der Waals surface area (Å²) in [4.78, 5) is 11.3. The van der Waals surface area contributed by atoms with Crippen LogP contribution in [-0.2, 0) is 4.74 Å². The molecule has 0 spiro atoms. The van der Waals surface area contributed by atoms with Crippen molar-refractivity contribution >= 4 is 28.6 Å². The average molecular weight is 306 g/mol. The predicted octanol–water partition coefficient (Wildman–Crippen LogP) is 2.48. The van der Waals surface area contributed by atoms with Crippen molar-refractivity contribution in [2.75, 3.05) is 13.7 Å². The Balaban J connectivity index is 2.94. The summed E-state index contributed by atoms with van der Waals surface area (Å²) in [5.74, 6) is 0.373. The molecule has 76 valence electrons. The van der Waals surface area contributed by atoms with Crippen LogP contribution in [-0.4, -0.2) is 19.7 Å². The third kappa shape index (κ3) is 2.60. The van der Waals surface area contributed by atoms with Gasteiger partial charge in [0.1, 0.15) is 5.75 Å². The van der Waals surface area contributed by atoms with E-state index in [-0.39, 0.29) is 5.97 Å². The molecule has 0 aliphatic rings. The van der Waals surface area contributed by atoms with Crippen LogP contribution in [0.5, 0.6) is 5.75 Å². The maximum absolute atomic E-state index is 11.3. The van der Waals surface area contributed by atoms with E-state index in [9.17, 15) is 4.79 Å². The molecule has 4 heteroatoms. The van der Waals surface area contributed by atoms with Gasteiger partial charge in [0.2, 0.25) is 0 Å².